The van der Waals surface area contributed by atoms with Gasteiger partial charge < -0.3 is 20.9 Å². The summed E-state index contributed by atoms with van der Waals surface area (Å²) in [6.07, 6.45) is 1.56. The number of aliphatic imine (C=N–C) groups is 1. The molecule has 0 aliphatic carbocycles. The van der Waals surface area contributed by atoms with Crippen LogP contribution >= 0.6 is 11.8 Å². The minimum atomic E-state index is -1.22. The minimum absolute atomic E-state index is 0.0503. The Morgan fingerprint density at radius 2 is 2.17 bits per heavy atom. The Hall–Kier alpha value is -2.07. The van der Waals surface area contributed by atoms with E-state index in [4.69, 9.17) is 20.9 Å². The maximum absolute atomic E-state index is 15.1. The van der Waals surface area contributed by atoms with Gasteiger partial charge >= 0.3 is 0 Å². The molecular formula is C20H22F2N4O2S. The lowest BCUT2D eigenvalue weighted by Crippen LogP contribution is -2.68. The monoisotopic (exact) mass is 420 g/mol. The predicted octanol–water partition coefficient (Wildman–Crippen LogP) is 2.42. The SMILES string of the molecule is COC[C@H]1C[C@@]2(N)CSC(N)=N[C@@]2(c2cc(-c3cccnc3F)ccc2F)CO1. The average molecular weight is 420 g/mol. The zero-order valence-electron chi connectivity index (χ0n) is 15.9. The van der Waals surface area contributed by atoms with Gasteiger partial charge in [-0.25, -0.2) is 14.4 Å². The number of amidine groups is 1. The predicted molar refractivity (Wildman–Crippen MR) is 108 cm³/mol. The van der Waals surface area contributed by atoms with Crippen molar-refractivity contribution in [2.45, 2.75) is 23.6 Å². The smallest absolute Gasteiger partial charge is 0.220 e. The van der Waals surface area contributed by atoms with E-state index in [1.165, 1.54) is 30.1 Å². The summed E-state index contributed by atoms with van der Waals surface area (Å²) in [5.74, 6) is -0.675. The first-order valence-electron chi connectivity index (χ1n) is 9.17. The molecule has 2 aromatic rings. The molecule has 0 amide bonds. The van der Waals surface area contributed by atoms with Crippen molar-refractivity contribution < 1.29 is 18.3 Å². The molecule has 2 aliphatic heterocycles. The second kappa shape index (κ2) is 7.64. The highest BCUT2D eigenvalue weighted by Crippen LogP contribution is 2.48. The third kappa shape index (κ3) is 3.42. The number of halogens is 2. The van der Waals surface area contributed by atoms with Gasteiger partial charge in [0.25, 0.3) is 0 Å². The van der Waals surface area contributed by atoms with E-state index in [0.29, 0.717) is 29.5 Å². The van der Waals surface area contributed by atoms with Crippen LogP contribution < -0.4 is 11.5 Å². The van der Waals surface area contributed by atoms with Gasteiger partial charge in [0.2, 0.25) is 5.95 Å². The number of thioether (sulfide) groups is 1. The number of rotatable bonds is 4. The Kier molecular flexibility index (Phi) is 5.32. The van der Waals surface area contributed by atoms with E-state index in [2.05, 4.69) is 9.98 Å². The van der Waals surface area contributed by atoms with Gasteiger partial charge in [-0.05, 0) is 36.2 Å². The summed E-state index contributed by atoms with van der Waals surface area (Å²) in [6, 6.07) is 7.59. The summed E-state index contributed by atoms with van der Waals surface area (Å²) in [6.45, 7) is 0.428. The van der Waals surface area contributed by atoms with Crippen molar-refractivity contribution in [3.05, 3.63) is 53.9 Å². The third-order valence-electron chi connectivity index (χ3n) is 5.56. The Morgan fingerprint density at radius 1 is 1.34 bits per heavy atom. The molecule has 0 radical (unpaired) electrons. The number of hydrogen-bond donors (Lipinski definition) is 2. The van der Waals surface area contributed by atoms with Crippen LogP contribution in [-0.2, 0) is 15.0 Å². The molecule has 1 aromatic heterocycles. The Bertz CT molecular complexity index is 960. The molecule has 3 heterocycles. The van der Waals surface area contributed by atoms with Crippen LogP contribution in [0.1, 0.15) is 12.0 Å². The highest BCUT2D eigenvalue weighted by molar-refractivity contribution is 8.13. The molecule has 2 aliphatic rings. The fourth-order valence-electron chi connectivity index (χ4n) is 4.07. The van der Waals surface area contributed by atoms with Crippen molar-refractivity contribution in [1.82, 2.24) is 4.98 Å². The summed E-state index contributed by atoms with van der Waals surface area (Å²) in [7, 11) is 1.59. The van der Waals surface area contributed by atoms with Gasteiger partial charge in [-0.3, -0.25) is 0 Å². The first-order valence-corrected chi connectivity index (χ1v) is 10.2. The van der Waals surface area contributed by atoms with Crippen molar-refractivity contribution >= 4 is 16.9 Å². The Balaban J connectivity index is 1.86. The molecule has 0 saturated carbocycles. The van der Waals surface area contributed by atoms with Crippen molar-refractivity contribution in [2.75, 3.05) is 26.1 Å². The van der Waals surface area contributed by atoms with Crippen LogP contribution in [0.2, 0.25) is 0 Å². The molecular weight excluding hydrogens is 398 g/mol. The number of fused-ring (bicyclic) bond motifs is 1. The molecule has 6 nitrogen and oxygen atoms in total. The molecule has 29 heavy (non-hydrogen) atoms. The topological polar surface area (TPSA) is 95.8 Å². The molecule has 0 spiro atoms. The fourth-order valence-corrected chi connectivity index (χ4v) is 5.05. The average Bonchev–Trinajstić information content (AvgIpc) is 2.70. The normalized spacial score (nSPS) is 29.2. The molecule has 3 atom stereocenters. The van der Waals surface area contributed by atoms with Crippen molar-refractivity contribution in [3.63, 3.8) is 0 Å². The summed E-state index contributed by atoms with van der Waals surface area (Å²) in [5.41, 5.74) is 11.7. The number of hydrogen-bond acceptors (Lipinski definition) is 7. The summed E-state index contributed by atoms with van der Waals surface area (Å²) in [4.78, 5) is 8.29. The van der Waals surface area contributed by atoms with Crippen LogP contribution in [0.3, 0.4) is 0 Å². The first-order chi connectivity index (χ1) is 13.9. The molecule has 1 saturated heterocycles. The van der Waals surface area contributed by atoms with Crippen LogP contribution in [0.5, 0.6) is 0 Å². The quantitative estimate of drug-likeness (QED) is 0.738. The highest BCUT2D eigenvalue weighted by Gasteiger charge is 2.58. The lowest BCUT2D eigenvalue weighted by molar-refractivity contribution is -0.0923. The zero-order chi connectivity index (χ0) is 20.6. The van der Waals surface area contributed by atoms with Gasteiger partial charge in [-0.2, -0.15) is 4.39 Å². The summed E-state index contributed by atoms with van der Waals surface area (Å²) < 4.78 is 40.5. The lowest BCUT2D eigenvalue weighted by atomic mass is 9.69. The molecule has 1 aromatic carbocycles. The fraction of sp³-hybridized carbons (Fsp3) is 0.400. The van der Waals surface area contributed by atoms with Gasteiger partial charge in [0.1, 0.15) is 11.4 Å². The lowest BCUT2D eigenvalue weighted by Gasteiger charge is -2.53. The molecule has 154 valence electrons. The van der Waals surface area contributed by atoms with Gasteiger partial charge in [0.15, 0.2) is 5.17 Å². The Morgan fingerprint density at radius 3 is 2.93 bits per heavy atom. The van der Waals surface area contributed by atoms with Gasteiger partial charge in [0.05, 0.1) is 24.9 Å². The van der Waals surface area contributed by atoms with Crippen LogP contribution in [0.4, 0.5) is 8.78 Å². The van der Waals surface area contributed by atoms with Crippen LogP contribution in [0.15, 0.2) is 41.5 Å². The number of benzene rings is 1. The second-order valence-electron chi connectivity index (χ2n) is 7.38. The third-order valence-corrected chi connectivity index (χ3v) is 6.60. The van der Waals surface area contributed by atoms with Crippen molar-refractivity contribution in [2.24, 2.45) is 16.5 Å². The van der Waals surface area contributed by atoms with Crippen LogP contribution in [0, 0.1) is 11.8 Å². The number of pyridine rings is 1. The Labute approximate surface area is 171 Å². The van der Waals surface area contributed by atoms with E-state index in [-0.39, 0.29) is 23.8 Å². The molecule has 1 fully saturated rings. The molecule has 0 unspecified atom stereocenters. The zero-order valence-corrected chi connectivity index (χ0v) is 16.7. The van der Waals surface area contributed by atoms with Gasteiger partial charge in [-0.15, -0.1) is 0 Å². The number of nitrogens with zero attached hydrogens (tertiary/aromatic N) is 2. The van der Waals surface area contributed by atoms with Gasteiger partial charge in [0, 0.05) is 30.2 Å². The number of nitrogens with two attached hydrogens (primary N) is 2. The van der Waals surface area contributed by atoms with E-state index >= 15 is 4.39 Å². The largest absolute Gasteiger partial charge is 0.382 e. The molecule has 4 rings (SSSR count). The maximum atomic E-state index is 15.1. The van der Waals surface area contributed by atoms with Crippen molar-refractivity contribution in [3.8, 4) is 11.1 Å². The van der Waals surface area contributed by atoms with Crippen LogP contribution in [0.25, 0.3) is 11.1 Å². The number of aromatic nitrogens is 1. The van der Waals surface area contributed by atoms with E-state index in [1.54, 1.807) is 25.3 Å². The maximum Gasteiger partial charge on any atom is 0.220 e. The first kappa shape index (κ1) is 20.2. The standard InChI is InChI=1S/C20H22F2N4O2S/c1-27-9-13-8-19(24)11-29-18(23)26-20(19,10-28-13)15-7-12(4-5-16(15)21)14-3-2-6-25-17(14)22/h2-7,13H,8-11,24H2,1H3,(H2,23,26)/t13-,19-,20-/m1/s1. The van der Waals surface area contributed by atoms with Crippen molar-refractivity contribution in [1.29, 1.82) is 0 Å². The minimum Gasteiger partial charge on any atom is -0.382 e. The highest BCUT2D eigenvalue weighted by atomic mass is 32.2. The second-order valence-corrected chi connectivity index (χ2v) is 8.38. The van der Waals surface area contributed by atoms with E-state index in [1.807, 2.05) is 0 Å². The van der Waals surface area contributed by atoms with E-state index in [9.17, 15) is 4.39 Å². The number of methoxy groups -OCH3 is 1. The number of ether oxygens (including phenoxy) is 2. The van der Waals surface area contributed by atoms with Crippen LogP contribution in [-0.4, -0.2) is 47.9 Å². The summed E-state index contributed by atoms with van der Waals surface area (Å²) in [5, 5.41) is 0.317. The molecule has 0 bridgehead atoms. The molecule has 9 heteroatoms. The van der Waals surface area contributed by atoms with Gasteiger partial charge in [-0.1, -0.05) is 17.8 Å². The molecule has 4 N–H and O–H groups in total. The van der Waals surface area contributed by atoms with E-state index < -0.39 is 22.8 Å². The summed E-state index contributed by atoms with van der Waals surface area (Å²) >= 11 is 1.34. The van der Waals surface area contributed by atoms with E-state index in [0.717, 1.165) is 0 Å².